The highest BCUT2D eigenvalue weighted by Crippen LogP contribution is 2.08. The molecule has 0 aliphatic carbocycles. The second-order valence-electron chi connectivity index (χ2n) is 7.20. The molecule has 4 heteroatoms. The van der Waals surface area contributed by atoms with Crippen molar-refractivity contribution in [1.29, 1.82) is 0 Å². The average molecular weight is 320 g/mol. The Labute approximate surface area is 141 Å². The van der Waals surface area contributed by atoms with Crippen molar-refractivity contribution < 1.29 is 9.53 Å². The molecule has 23 heavy (non-hydrogen) atoms. The zero-order chi connectivity index (χ0) is 17.3. The van der Waals surface area contributed by atoms with Gasteiger partial charge < -0.3 is 15.4 Å². The molecule has 2 N–H and O–H groups in total. The van der Waals surface area contributed by atoms with Crippen molar-refractivity contribution in [3.8, 4) is 0 Å². The van der Waals surface area contributed by atoms with Gasteiger partial charge in [-0.25, -0.2) is 4.79 Å². The van der Waals surface area contributed by atoms with Crippen LogP contribution in [0.5, 0.6) is 0 Å². The first-order valence-corrected chi connectivity index (χ1v) is 8.55. The van der Waals surface area contributed by atoms with E-state index in [2.05, 4.69) is 36.6 Å². The minimum absolute atomic E-state index is 0.381. The van der Waals surface area contributed by atoms with Crippen LogP contribution in [-0.2, 0) is 17.8 Å². The lowest BCUT2D eigenvalue weighted by atomic mass is 10.1. The lowest BCUT2D eigenvalue weighted by molar-refractivity contribution is 0.0523. The summed E-state index contributed by atoms with van der Waals surface area (Å²) in [7, 11) is 0. The Hall–Kier alpha value is -1.55. The van der Waals surface area contributed by atoms with E-state index in [1.54, 1.807) is 0 Å². The lowest BCUT2D eigenvalue weighted by Gasteiger charge is -2.19. The first-order valence-electron chi connectivity index (χ1n) is 8.55. The highest BCUT2D eigenvalue weighted by molar-refractivity contribution is 5.67. The summed E-state index contributed by atoms with van der Waals surface area (Å²) in [6.07, 6.45) is 2.12. The van der Waals surface area contributed by atoms with Gasteiger partial charge >= 0.3 is 6.09 Å². The maximum Gasteiger partial charge on any atom is 0.407 e. The number of carbonyl (C=O) groups excluding carboxylic acids is 1. The molecule has 0 saturated carbocycles. The van der Waals surface area contributed by atoms with Crippen LogP contribution in [-0.4, -0.2) is 18.2 Å². The molecule has 1 unspecified atom stereocenters. The summed E-state index contributed by atoms with van der Waals surface area (Å²) in [5.41, 5.74) is 1.86. The standard InChI is InChI=1S/C19H32N2O2/c1-6-7-15(2)12-20-13-16-8-10-17(11-9-16)14-21-18(22)23-19(3,4)5/h8-11,15,20H,6-7,12-14H2,1-5H3,(H,21,22). The van der Waals surface area contributed by atoms with E-state index in [1.807, 2.05) is 32.9 Å². The van der Waals surface area contributed by atoms with Crippen LogP contribution in [0.4, 0.5) is 4.79 Å². The van der Waals surface area contributed by atoms with Gasteiger partial charge in [-0.05, 0) is 50.8 Å². The Balaban J connectivity index is 2.32. The van der Waals surface area contributed by atoms with Crippen molar-refractivity contribution in [2.75, 3.05) is 6.54 Å². The van der Waals surface area contributed by atoms with Crippen molar-refractivity contribution in [3.05, 3.63) is 35.4 Å². The molecule has 0 aromatic heterocycles. The van der Waals surface area contributed by atoms with Gasteiger partial charge in [0.2, 0.25) is 0 Å². The van der Waals surface area contributed by atoms with Crippen molar-refractivity contribution in [3.63, 3.8) is 0 Å². The van der Waals surface area contributed by atoms with Gasteiger partial charge in [0.1, 0.15) is 5.60 Å². The second-order valence-corrected chi connectivity index (χ2v) is 7.20. The fourth-order valence-electron chi connectivity index (χ4n) is 2.32. The minimum Gasteiger partial charge on any atom is -0.444 e. The summed E-state index contributed by atoms with van der Waals surface area (Å²) in [6, 6.07) is 8.29. The molecule has 1 atom stereocenters. The highest BCUT2D eigenvalue weighted by atomic mass is 16.6. The molecule has 1 amide bonds. The number of rotatable bonds is 8. The number of benzene rings is 1. The van der Waals surface area contributed by atoms with Gasteiger partial charge in [-0.2, -0.15) is 0 Å². The Morgan fingerprint density at radius 3 is 2.22 bits per heavy atom. The molecule has 0 heterocycles. The summed E-state index contributed by atoms with van der Waals surface area (Å²) < 4.78 is 5.22. The highest BCUT2D eigenvalue weighted by Gasteiger charge is 2.15. The molecule has 0 aliphatic heterocycles. The molecule has 0 bridgehead atoms. The Morgan fingerprint density at radius 2 is 1.70 bits per heavy atom. The van der Waals surface area contributed by atoms with E-state index in [4.69, 9.17) is 4.74 Å². The van der Waals surface area contributed by atoms with Crippen molar-refractivity contribution >= 4 is 6.09 Å². The number of nitrogens with one attached hydrogen (secondary N) is 2. The number of alkyl carbamates (subject to hydrolysis) is 1. The first-order chi connectivity index (χ1) is 10.8. The molecule has 1 aromatic rings. The lowest BCUT2D eigenvalue weighted by Crippen LogP contribution is -2.32. The van der Waals surface area contributed by atoms with E-state index in [9.17, 15) is 4.79 Å². The van der Waals surface area contributed by atoms with Crippen molar-refractivity contribution in [2.24, 2.45) is 5.92 Å². The second kappa shape index (κ2) is 9.56. The van der Waals surface area contributed by atoms with Gasteiger partial charge in [-0.1, -0.05) is 44.5 Å². The molecular weight excluding hydrogens is 288 g/mol. The van der Waals surface area contributed by atoms with E-state index in [0.29, 0.717) is 6.54 Å². The van der Waals surface area contributed by atoms with Crippen molar-refractivity contribution in [1.82, 2.24) is 10.6 Å². The van der Waals surface area contributed by atoms with Gasteiger partial charge in [-0.3, -0.25) is 0 Å². The largest absolute Gasteiger partial charge is 0.444 e. The summed E-state index contributed by atoms with van der Waals surface area (Å²) in [5.74, 6) is 0.720. The third kappa shape index (κ3) is 9.24. The van der Waals surface area contributed by atoms with Crippen LogP contribution in [0, 0.1) is 5.92 Å². The molecule has 0 spiro atoms. The number of amides is 1. The normalized spacial score (nSPS) is 12.7. The fourth-order valence-corrected chi connectivity index (χ4v) is 2.32. The van der Waals surface area contributed by atoms with Gasteiger partial charge in [0.25, 0.3) is 0 Å². The Bertz CT molecular complexity index is 463. The number of hydrogen-bond donors (Lipinski definition) is 2. The summed E-state index contributed by atoms with van der Waals surface area (Å²) in [6.45, 7) is 12.5. The maximum absolute atomic E-state index is 11.6. The summed E-state index contributed by atoms with van der Waals surface area (Å²) >= 11 is 0. The third-order valence-electron chi connectivity index (χ3n) is 3.46. The summed E-state index contributed by atoms with van der Waals surface area (Å²) in [5, 5.41) is 6.26. The van der Waals surface area contributed by atoms with E-state index in [0.717, 1.165) is 24.6 Å². The molecule has 130 valence electrons. The van der Waals surface area contributed by atoms with Crippen LogP contribution in [0.25, 0.3) is 0 Å². The predicted molar refractivity (Wildman–Crippen MR) is 95.3 cm³/mol. The molecule has 0 saturated heterocycles. The molecule has 4 nitrogen and oxygen atoms in total. The monoisotopic (exact) mass is 320 g/mol. The molecular formula is C19H32N2O2. The van der Waals surface area contributed by atoms with Crippen LogP contribution >= 0.6 is 0 Å². The van der Waals surface area contributed by atoms with Crippen LogP contribution in [0.2, 0.25) is 0 Å². The third-order valence-corrected chi connectivity index (χ3v) is 3.46. The molecule has 0 aliphatic rings. The van der Waals surface area contributed by atoms with E-state index in [1.165, 1.54) is 18.4 Å². The van der Waals surface area contributed by atoms with E-state index >= 15 is 0 Å². The van der Waals surface area contributed by atoms with Gasteiger partial charge in [0.05, 0.1) is 0 Å². The number of ether oxygens (including phenoxy) is 1. The van der Waals surface area contributed by atoms with E-state index < -0.39 is 5.60 Å². The number of carbonyl (C=O) groups is 1. The topological polar surface area (TPSA) is 50.4 Å². The smallest absolute Gasteiger partial charge is 0.407 e. The zero-order valence-corrected chi connectivity index (χ0v) is 15.2. The zero-order valence-electron chi connectivity index (χ0n) is 15.2. The SMILES string of the molecule is CCCC(C)CNCc1ccc(CNC(=O)OC(C)(C)C)cc1. The van der Waals surface area contributed by atoms with Crippen LogP contribution < -0.4 is 10.6 Å². The maximum atomic E-state index is 11.6. The van der Waals surface area contributed by atoms with Crippen LogP contribution in [0.15, 0.2) is 24.3 Å². The van der Waals surface area contributed by atoms with Gasteiger partial charge in [-0.15, -0.1) is 0 Å². The molecule has 0 fully saturated rings. The Kier molecular flexibility index (Phi) is 8.10. The predicted octanol–water partition coefficient (Wildman–Crippen LogP) is 4.24. The van der Waals surface area contributed by atoms with Crippen molar-refractivity contribution in [2.45, 2.75) is 66.2 Å². The fraction of sp³-hybridized carbons (Fsp3) is 0.632. The van der Waals surface area contributed by atoms with Crippen LogP contribution in [0.1, 0.15) is 58.6 Å². The molecule has 1 rings (SSSR count). The molecule has 1 aromatic carbocycles. The van der Waals surface area contributed by atoms with Crippen LogP contribution in [0.3, 0.4) is 0 Å². The molecule has 0 radical (unpaired) electrons. The Morgan fingerprint density at radius 1 is 1.13 bits per heavy atom. The number of hydrogen-bond acceptors (Lipinski definition) is 3. The van der Waals surface area contributed by atoms with Gasteiger partial charge in [0.15, 0.2) is 0 Å². The quantitative estimate of drug-likeness (QED) is 0.753. The average Bonchev–Trinajstić information content (AvgIpc) is 2.45. The van der Waals surface area contributed by atoms with E-state index in [-0.39, 0.29) is 6.09 Å². The van der Waals surface area contributed by atoms with Gasteiger partial charge in [0, 0.05) is 13.1 Å². The minimum atomic E-state index is -0.464. The summed E-state index contributed by atoms with van der Waals surface area (Å²) in [4.78, 5) is 11.6. The first kappa shape index (κ1) is 19.5.